The van der Waals surface area contributed by atoms with E-state index >= 15 is 0 Å². The van der Waals surface area contributed by atoms with E-state index in [1.807, 2.05) is 12.1 Å². The summed E-state index contributed by atoms with van der Waals surface area (Å²) in [6.07, 6.45) is 3.48. The molecule has 1 fully saturated rings. The third-order valence-corrected chi connectivity index (χ3v) is 3.68. The number of benzene rings is 1. The lowest BCUT2D eigenvalue weighted by Gasteiger charge is -2.35. The number of nitrogens with zero attached hydrogens (tertiary/aromatic N) is 1. The maximum atomic E-state index is 5.79. The monoisotopic (exact) mass is 248 g/mol. The Bertz CT molecular complexity index is 367. The van der Waals surface area contributed by atoms with E-state index in [0.29, 0.717) is 6.04 Å². The van der Waals surface area contributed by atoms with Crippen molar-refractivity contribution in [2.45, 2.75) is 32.2 Å². The zero-order valence-electron chi connectivity index (χ0n) is 11.3. The van der Waals surface area contributed by atoms with Crippen molar-refractivity contribution in [3.05, 3.63) is 29.8 Å². The summed E-state index contributed by atoms with van der Waals surface area (Å²) in [5, 5.41) is 0. The van der Waals surface area contributed by atoms with Crippen molar-refractivity contribution < 1.29 is 4.74 Å². The number of ether oxygens (including phenoxy) is 1. The molecular formula is C15H24N2O. The fraction of sp³-hybridized carbons (Fsp3) is 0.600. The molecule has 3 nitrogen and oxygen atoms in total. The summed E-state index contributed by atoms with van der Waals surface area (Å²) in [4.78, 5) is 2.57. The lowest BCUT2D eigenvalue weighted by Crippen LogP contribution is -2.45. The van der Waals surface area contributed by atoms with Gasteiger partial charge in [-0.2, -0.15) is 0 Å². The molecular weight excluding hydrogens is 224 g/mol. The van der Waals surface area contributed by atoms with Crippen molar-refractivity contribution >= 4 is 5.69 Å². The van der Waals surface area contributed by atoms with Crippen LogP contribution in [0.15, 0.2) is 24.3 Å². The molecule has 1 unspecified atom stereocenters. The lowest BCUT2D eigenvalue weighted by molar-refractivity contribution is -0.00887. The SMILES string of the molecule is CCC1COCCN1CCCc1cccc(N)c1. The van der Waals surface area contributed by atoms with E-state index in [1.165, 1.54) is 18.4 Å². The van der Waals surface area contributed by atoms with Crippen LogP contribution in [0.5, 0.6) is 0 Å². The normalized spacial score (nSPS) is 21.1. The molecule has 1 aromatic carbocycles. The van der Waals surface area contributed by atoms with Gasteiger partial charge < -0.3 is 10.5 Å². The molecule has 1 atom stereocenters. The van der Waals surface area contributed by atoms with Crippen LogP contribution in [0.3, 0.4) is 0 Å². The Hall–Kier alpha value is -1.06. The van der Waals surface area contributed by atoms with E-state index in [4.69, 9.17) is 10.5 Å². The number of nitrogen functional groups attached to an aromatic ring is 1. The van der Waals surface area contributed by atoms with Gasteiger partial charge in [0.1, 0.15) is 0 Å². The van der Waals surface area contributed by atoms with Gasteiger partial charge in [-0.15, -0.1) is 0 Å². The van der Waals surface area contributed by atoms with Crippen LogP contribution >= 0.6 is 0 Å². The first-order valence-corrected chi connectivity index (χ1v) is 6.96. The Balaban J connectivity index is 1.77. The van der Waals surface area contributed by atoms with Crippen molar-refractivity contribution in [1.29, 1.82) is 0 Å². The van der Waals surface area contributed by atoms with E-state index in [-0.39, 0.29) is 0 Å². The average Bonchev–Trinajstić information content (AvgIpc) is 2.39. The third-order valence-electron chi connectivity index (χ3n) is 3.68. The Morgan fingerprint density at radius 3 is 3.11 bits per heavy atom. The predicted octanol–water partition coefficient (Wildman–Crippen LogP) is 2.31. The first-order chi connectivity index (χ1) is 8.79. The molecule has 0 aliphatic carbocycles. The summed E-state index contributed by atoms with van der Waals surface area (Å²) in [6.45, 7) is 6.26. The summed E-state index contributed by atoms with van der Waals surface area (Å²) in [6, 6.07) is 8.83. The first kappa shape index (κ1) is 13.4. The fourth-order valence-electron chi connectivity index (χ4n) is 2.59. The number of nitrogens with two attached hydrogens (primary N) is 1. The molecule has 1 aliphatic heterocycles. The highest BCUT2D eigenvalue weighted by Gasteiger charge is 2.20. The molecule has 1 aliphatic rings. The second kappa shape index (κ2) is 6.76. The van der Waals surface area contributed by atoms with Crippen molar-refractivity contribution in [2.75, 3.05) is 32.0 Å². The standard InChI is InChI=1S/C15H24N2O/c1-2-15-12-18-10-9-17(15)8-4-6-13-5-3-7-14(16)11-13/h3,5,7,11,15H,2,4,6,8-10,12,16H2,1H3. The van der Waals surface area contributed by atoms with Crippen molar-refractivity contribution in [3.8, 4) is 0 Å². The van der Waals surface area contributed by atoms with E-state index in [2.05, 4.69) is 24.0 Å². The lowest BCUT2D eigenvalue weighted by atomic mass is 10.1. The topological polar surface area (TPSA) is 38.5 Å². The number of anilines is 1. The van der Waals surface area contributed by atoms with Gasteiger partial charge in [0, 0.05) is 18.3 Å². The molecule has 1 aromatic rings. The maximum Gasteiger partial charge on any atom is 0.0622 e. The highest BCUT2D eigenvalue weighted by Crippen LogP contribution is 2.13. The highest BCUT2D eigenvalue weighted by atomic mass is 16.5. The van der Waals surface area contributed by atoms with Gasteiger partial charge in [-0.1, -0.05) is 19.1 Å². The molecule has 18 heavy (non-hydrogen) atoms. The molecule has 0 bridgehead atoms. The average molecular weight is 248 g/mol. The number of aryl methyl sites for hydroxylation is 1. The zero-order valence-corrected chi connectivity index (χ0v) is 11.3. The Morgan fingerprint density at radius 1 is 1.44 bits per heavy atom. The molecule has 1 heterocycles. The second-order valence-corrected chi connectivity index (χ2v) is 5.02. The van der Waals surface area contributed by atoms with Gasteiger partial charge in [0.05, 0.1) is 13.2 Å². The summed E-state index contributed by atoms with van der Waals surface area (Å²) < 4.78 is 5.53. The number of rotatable bonds is 5. The summed E-state index contributed by atoms with van der Waals surface area (Å²) in [5.74, 6) is 0. The Morgan fingerprint density at radius 2 is 2.33 bits per heavy atom. The van der Waals surface area contributed by atoms with Crippen LogP contribution in [0.1, 0.15) is 25.3 Å². The zero-order chi connectivity index (χ0) is 12.8. The van der Waals surface area contributed by atoms with Crippen LogP contribution < -0.4 is 5.73 Å². The molecule has 0 saturated carbocycles. The van der Waals surface area contributed by atoms with Gasteiger partial charge in [-0.05, 0) is 43.5 Å². The van der Waals surface area contributed by atoms with Gasteiger partial charge in [-0.25, -0.2) is 0 Å². The molecule has 0 aromatic heterocycles. The maximum absolute atomic E-state index is 5.79. The Kier molecular flexibility index (Phi) is 5.02. The fourth-order valence-corrected chi connectivity index (χ4v) is 2.59. The molecule has 2 N–H and O–H groups in total. The smallest absolute Gasteiger partial charge is 0.0622 e. The summed E-state index contributed by atoms with van der Waals surface area (Å²) >= 11 is 0. The molecule has 0 radical (unpaired) electrons. The van der Waals surface area contributed by atoms with Crippen LogP contribution in [0.4, 0.5) is 5.69 Å². The van der Waals surface area contributed by atoms with Gasteiger partial charge in [0.2, 0.25) is 0 Å². The minimum atomic E-state index is 0.611. The van der Waals surface area contributed by atoms with E-state index < -0.39 is 0 Å². The van der Waals surface area contributed by atoms with E-state index in [0.717, 1.165) is 38.4 Å². The van der Waals surface area contributed by atoms with E-state index in [1.54, 1.807) is 0 Å². The van der Waals surface area contributed by atoms with Crippen LogP contribution in [-0.4, -0.2) is 37.2 Å². The third kappa shape index (κ3) is 3.72. The molecule has 3 heteroatoms. The van der Waals surface area contributed by atoms with Gasteiger partial charge >= 0.3 is 0 Å². The van der Waals surface area contributed by atoms with Gasteiger partial charge in [-0.3, -0.25) is 4.90 Å². The van der Waals surface area contributed by atoms with Crippen LogP contribution in [0.2, 0.25) is 0 Å². The quantitative estimate of drug-likeness (QED) is 0.813. The molecule has 1 saturated heterocycles. The molecule has 0 spiro atoms. The Labute approximate surface area is 110 Å². The second-order valence-electron chi connectivity index (χ2n) is 5.02. The van der Waals surface area contributed by atoms with Crippen LogP contribution in [-0.2, 0) is 11.2 Å². The largest absolute Gasteiger partial charge is 0.399 e. The van der Waals surface area contributed by atoms with Crippen molar-refractivity contribution in [3.63, 3.8) is 0 Å². The van der Waals surface area contributed by atoms with Crippen molar-refractivity contribution in [1.82, 2.24) is 4.90 Å². The van der Waals surface area contributed by atoms with Crippen LogP contribution in [0, 0.1) is 0 Å². The number of morpholine rings is 1. The molecule has 2 rings (SSSR count). The minimum Gasteiger partial charge on any atom is -0.399 e. The molecule has 0 amide bonds. The van der Waals surface area contributed by atoms with E-state index in [9.17, 15) is 0 Å². The van der Waals surface area contributed by atoms with Gasteiger partial charge in [0.25, 0.3) is 0 Å². The summed E-state index contributed by atoms with van der Waals surface area (Å²) in [5.41, 5.74) is 8.00. The van der Waals surface area contributed by atoms with Crippen LogP contribution in [0.25, 0.3) is 0 Å². The molecule has 100 valence electrons. The number of hydrogen-bond donors (Lipinski definition) is 1. The predicted molar refractivity (Wildman–Crippen MR) is 75.6 cm³/mol. The summed E-state index contributed by atoms with van der Waals surface area (Å²) in [7, 11) is 0. The highest BCUT2D eigenvalue weighted by molar-refractivity contribution is 5.40. The van der Waals surface area contributed by atoms with Gasteiger partial charge in [0.15, 0.2) is 0 Å². The van der Waals surface area contributed by atoms with Crippen molar-refractivity contribution in [2.24, 2.45) is 0 Å². The minimum absolute atomic E-state index is 0.611. The first-order valence-electron chi connectivity index (χ1n) is 6.96. The number of hydrogen-bond acceptors (Lipinski definition) is 3.